The van der Waals surface area contributed by atoms with Crippen LogP contribution < -0.4 is 0 Å². The van der Waals surface area contributed by atoms with Crippen LogP contribution in [0.2, 0.25) is 0 Å². The van der Waals surface area contributed by atoms with Crippen molar-refractivity contribution in [3.63, 3.8) is 0 Å². The van der Waals surface area contributed by atoms with Crippen molar-refractivity contribution in [1.29, 1.82) is 0 Å². The first-order valence-electron chi connectivity index (χ1n) is 24.0. The minimum Gasteiger partial charge on any atom is -0.467 e. The number of hydrogen-bond acceptors (Lipinski definition) is 19. The standard InChI is InChI=1S/C48H74O19/c1-43(2)14-15-48(21-51)23(16-43)22-8-9-27-44(3)12-11-29(45(4,20-50)26(44)10-13-46(27,5)47(22,6)17-28(48)53)64-42-38(67-41-34(58)32(56)31(55)25(18-49)63-41)36(35(59)37(66-42)39(60)61-7)65-40-33(57)30(54)24(52)19-62-40/h8-9,20-38,40-42,49,52-59H,10-19H2,1-7H3/t22?,23-,24?,25?,26+,27+,28+,29-,30?,31?,32?,33?,34?,35?,36?,37?,38?,40?,41?,42?,44-,45-,46+,47+,48+/m0/s1. The van der Waals surface area contributed by atoms with Crippen LogP contribution in [0.15, 0.2) is 12.2 Å². The molecule has 0 bridgehead atoms. The Morgan fingerprint density at radius 2 is 1.39 bits per heavy atom. The number of aliphatic hydroxyl groups excluding tert-OH is 9. The van der Waals surface area contributed by atoms with Crippen molar-refractivity contribution < 1.29 is 93.5 Å². The summed E-state index contributed by atoms with van der Waals surface area (Å²) in [7, 11) is 1.06. The van der Waals surface area contributed by atoms with Crippen molar-refractivity contribution in [2.45, 2.75) is 191 Å². The number of esters is 1. The molecule has 5 aliphatic carbocycles. The fourth-order valence-electron chi connectivity index (χ4n) is 14.8. The quantitative estimate of drug-likeness (QED) is 0.0585. The van der Waals surface area contributed by atoms with Gasteiger partial charge in [-0.25, -0.2) is 4.79 Å². The summed E-state index contributed by atoms with van der Waals surface area (Å²) in [5.74, 6) is -1.41. The lowest BCUT2D eigenvalue weighted by Gasteiger charge is -2.72. The number of aliphatic hydroxyl groups is 9. The van der Waals surface area contributed by atoms with E-state index in [-0.39, 0.29) is 46.3 Å². The lowest BCUT2D eigenvalue weighted by Crippen LogP contribution is -2.69. The van der Waals surface area contributed by atoms with Gasteiger partial charge in [0.25, 0.3) is 0 Å². The van der Waals surface area contributed by atoms with Crippen molar-refractivity contribution in [2.24, 2.45) is 56.2 Å². The summed E-state index contributed by atoms with van der Waals surface area (Å²) in [6, 6.07) is 0. The predicted molar refractivity (Wildman–Crippen MR) is 230 cm³/mol. The highest BCUT2D eigenvalue weighted by atomic mass is 16.8. The van der Waals surface area contributed by atoms with E-state index < -0.39 is 134 Å². The number of hydrogen-bond donors (Lipinski definition) is 9. The Kier molecular flexibility index (Phi) is 13.9. The van der Waals surface area contributed by atoms with Gasteiger partial charge in [-0.15, -0.1) is 0 Å². The normalized spacial score (nSPS) is 54.9. The van der Waals surface area contributed by atoms with Crippen LogP contribution in [0.1, 0.15) is 92.9 Å². The van der Waals surface area contributed by atoms with Crippen molar-refractivity contribution in [3.05, 3.63) is 12.2 Å². The van der Waals surface area contributed by atoms with Gasteiger partial charge in [-0.2, -0.15) is 0 Å². The summed E-state index contributed by atoms with van der Waals surface area (Å²) < 4.78 is 41.5. The van der Waals surface area contributed by atoms with Gasteiger partial charge in [0.15, 0.2) is 25.0 Å². The molecule has 0 radical (unpaired) electrons. The van der Waals surface area contributed by atoms with Gasteiger partial charge in [0.1, 0.15) is 73.6 Å². The zero-order chi connectivity index (χ0) is 49.0. The van der Waals surface area contributed by atoms with E-state index in [0.29, 0.717) is 32.1 Å². The van der Waals surface area contributed by atoms with Gasteiger partial charge < -0.3 is 88.7 Å². The Labute approximate surface area is 391 Å². The molecule has 8 rings (SSSR count). The average Bonchev–Trinajstić information content (AvgIpc) is 3.29. The van der Waals surface area contributed by atoms with E-state index in [1.807, 2.05) is 6.92 Å². The van der Waals surface area contributed by atoms with Crippen LogP contribution in [0.4, 0.5) is 0 Å². The molecule has 3 saturated heterocycles. The number of methoxy groups -OCH3 is 1. The molecule has 380 valence electrons. The fraction of sp³-hybridized carbons (Fsp3) is 0.896. The Balaban J connectivity index is 1.13. The number of allylic oxidation sites excluding steroid dienone is 2. The molecule has 0 aromatic heterocycles. The summed E-state index contributed by atoms with van der Waals surface area (Å²) in [6.07, 6.45) is -15.4. The van der Waals surface area contributed by atoms with Crippen molar-refractivity contribution in [1.82, 2.24) is 0 Å². The van der Waals surface area contributed by atoms with Crippen molar-refractivity contribution in [3.8, 4) is 0 Å². The molecule has 3 aliphatic heterocycles. The van der Waals surface area contributed by atoms with Crippen LogP contribution in [-0.4, -0.2) is 183 Å². The molecule has 15 unspecified atom stereocenters. The maximum Gasteiger partial charge on any atom is 0.337 e. The first-order chi connectivity index (χ1) is 31.4. The molecule has 0 spiro atoms. The molecule has 25 atom stereocenters. The maximum absolute atomic E-state index is 13.9. The monoisotopic (exact) mass is 954 g/mol. The van der Waals surface area contributed by atoms with Crippen LogP contribution in [0.3, 0.4) is 0 Å². The van der Waals surface area contributed by atoms with E-state index in [1.165, 1.54) is 0 Å². The van der Waals surface area contributed by atoms with Gasteiger partial charge >= 0.3 is 5.97 Å². The van der Waals surface area contributed by atoms with Crippen LogP contribution >= 0.6 is 0 Å². The molecule has 0 amide bonds. The van der Waals surface area contributed by atoms with Crippen LogP contribution in [0.5, 0.6) is 0 Å². The summed E-state index contributed by atoms with van der Waals surface area (Å²) in [6.45, 7) is 11.8. The van der Waals surface area contributed by atoms with E-state index in [0.717, 1.165) is 32.5 Å². The smallest absolute Gasteiger partial charge is 0.337 e. The Morgan fingerprint density at radius 1 is 0.701 bits per heavy atom. The average molecular weight is 955 g/mol. The van der Waals surface area contributed by atoms with Crippen LogP contribution in [0.25, 0.3) is 0 Å². The molecule has 3 heterocycles. The van der Waals surface area contributed by atoms with Gasteiger partial charge in [-0.1, -0.05) is 53.7 Å². The maximum atomic E-state index is 13.9. The lowest BCUT2D eigenvalue weighted by molar-refractivity contribution is -0.391. The highest BCUT2D eigenvalue weighted by molar-refractivity contribution is 5.75. The highest BCUT2D eigenvalue weighted by Gasteiger charge is 2.72. The van der Waals surface area contributed by atoms with Crippen LogP contribution in [-0.2, 0) is 47.5 Å². The molecular weight excluding hydrogens is 881 g/mol. The molecule has 67 heavy (non-hydrogen) atoms. The zero-order valence-electron chi connectivity index (χ0n) is 39.5. The Bertz CT molecular complexity index is 1870. The molecule has 0 aromatic carbocycles. The molecule has 19 heteroatoms. The number of carbonyl (C=O) groups is 3. The van der Waals surface area contributed by atoms with Gasteiger partial charge in [0.05, 0.1) is 43.4 Å². The third-order valence-corrected chi connectivity index (χ3v) is 19.1. The number of carbonyl (C=O) groups excluding carboxylic acids is 3. The first kappa shape index (κ1) is 51.3. The second-order valence-electron chi connectivity index (χ2n) is 23.0. The predicted octanol–water partition coefficient (Wildman–Crippen LogP) is -0.354. The van der Waals surface area contributed by atoms with Gasteiger partial charge in [-0.3, -0.25) is 0 Å². The van der Waals surface area contributed by atoms with E-state index in [4.69, 9.17) is 33.2 Å². The van der Waals surface area contributed by atoms with E-state index in [1.54, 1.807) is 0 Å². The zero-order valence-corrected chi connectivity index (χ0v) is 39.5. The molecule has 7 fully saturated rings. The number of rotatable bonds is 10. The third kappa shape index (κ3) is 7.93. The molecular formula is C48H74O19. The summed E-state index contributed by atoms with van der Waals surface area (Å²) in [5, 5.41) is 97.8. The third-order valence-electron chi connectivity index (χ3n) is 19.1. The number of aldehydes is 2. The minimum absolute atomic E-state index is 0.00747. The summed E-state index contributed by atoms with van der Waals surface area (Å²) >= 11 is 0. The largest absolute Gasteiger partial charge is 0.467 e. The van der Waals surface area contributed by atoms with E-state index in [9.17, 15) is 60.3 Å². The van der Waals surface area contributed by atoms with Gasteiger partial charge in [0, 0.05) is 0 Å². The molecule has 19 nitrogen and oxygen atoms in total. The Hall–Kier alpha value is -2.05. The Morgan fingerprint density at radius 3 is 2.04 bits per heavy atom. The molecule has 8 aliphatic rings. The van der Waals surface area contributed by atoms with Crippen molar-refractivity contribution >= 4 is 18.5 Å². The first-order valence-corrected chi connectivity index (χ1v) is 24.0. The topological polar surface area (TPSA) is 298 Å². The van der Waals surface area contributed by atoms with Crippen LogP contribution in [0, 0.1) is 56.2 Å². The molecule has 4 saturated carbocycles. The van der Waals surface area contributed by atoms with Crippen molar-refractivity contribution in [2.75, 3.05) is 20.3 Å². The summed E-state index contributed by atoms with van der Waals surface area (Å²) in [5.41, 5.74) is -3.26. The summed E-state index contributed by atoms with van der Waals surface area (Å²) in [4.78, 5) is 40.2. The lowest BCUT2D eigenvalue weighted by atomic mass is 9.32. The molecule has 9 N–H and O–H groups in total. The number of ether oxygens (including phenoxy) is 7. The van der Waals surface area contributed by atoms with Gasteiger partial charge in [0.2, 0.25) is 0 Å². The second-order valence-corrected chi connectivity index (χ2v) is 23.0. The highest BCUT2D eigenvalue weighted by Crippen LogP contribution is 2.75. The molecule has 0 aromatic rings. The van der Waals surface area contributed by atoms with E-state index in [2.05, 4.69) is 46.8 Å². The minimum atomic E-state index is -2.00. The SMILES string of the molecule is COC(=O)C1OC(O[C@H]2CC[C@]3(C)[C@H]4C=CC5[C@@H]6CC(C)(C)CC[C@]6(C=O)[C@H](O)C[C@@]5(C)[C@]4(C)CC[C@H]3[C@]2(C)C=O)C(OC2OC(CO)C(O)C(O)C2O)C(OC2OCC(O)C(O)C2O)C1O. The second kappa shape index (κ2) is 18.2. The fourth-order valence-corrected chi connectivity index (χ4v) is 14.8. The van der Waals surface area contributed by atoms with Gasteiger partial charge in [-0.05, 0) is 96.7 Å². The van der Waals surface area contributed by atoms with E-state index >= 15 is 0 Å². The number of fused-ring (bicyclic) bond motifs is 7.